The number of carbonyl (C=O) groups is 1. The van der Waals surface area contributed by atoms with Gasteiger partial charge in [-0.2, -0.15) is 5.26 Å². The fourth-order valence-electron chi connectivity index (χ4n) is 3.51. The summed E-state index contributed by atoms with van der Waals surface area (Å²) in [5.41, 5.74) is 2.80. The highest BCUT2D eigenvalue weighted by Gasteiger charge is 2.15. The number of rotatable bonds is 6. The van der Waals surface area contributed by atoms with E-state index >= 15 is 0 Å². The maximum Gasteiger partial charge on any atom is 0.251 e. The zero-order valence-electron chi connectivity index (χ0n) is 15.1. The summed E-state index contributed by atoms with van der Waals surface area (Å²) in [6.07, 6.45) is 4.88. The molecule has 134 valence electrons. The number of amides is 1. The standard InChI is InChI=1S/C22H25N3O/c23-17-18-9-2-3-10-19(18)20-11-4-5-12-21(20)22(26)24-13-8-16-25-14-6-1-7-15-25/h2-5,9-12H,1,6-8,13-16H2,(H,24,26). The van der Waals surface area contributed by atoms with Gasteiger partial charge in [-0.1, -0.05) is 42.8 Å². The van der Waals surface area contributed by atoms with Crippen LogP contribution in [0.5, 0.6) is 0 Å². The first-order valence-corrected chi connectivity index (χ1v) is 9.38. The lowest BCUT2D eigenvalue weighted by molar-refractivity contribution is 0.0951. The molecule has 0 aliphatic carbocycles. The zero-order valence-corrected chi connectivity index (χ0v) is 15.1. The Balaban J connectivity index is 1.64. The third kappa shape index (κ3) is 4.50. The molecule has 4 heteroatoms. The van der Waals surface area contributed by atoms with E-state index in [1.807, 2.05) is 42.5 Å². The number of nitrogens with zero attached hydrogens (tertiary/aromatic N) is 2. The summed E-state index contributed by atoms with van der Waals surface area (Å²) in [5.74, 6) is -0.0769. The smallest absolute Gasteiger partial charge is 0.251 e. The molecule has 0 spiro atoms. The van der Waals surface area contributed by atoms with E-state index in [0.29, 0.717) is 17.7 Å². The van der Waals surface area contributed by atoms with E-state index in [4.69, 9.17) is 0 Å². The number of hydrogen-bond acceptors (Lipinski definition) is 3. The van der Waals surface area contributed by atoms with Gasteiger partial charge in [-0.25, -0.2) is 0 Å². The Morgan fingerprint density at radius 2 is 1.69 bits per heavy atom. The predicted octanol–water partition coefficient (Wildman–Crippen LogP) is 3.83. The number of piperidine rings is 1. The van der Waals surface area contributed by atoms with Crippen LogP contribution in [0.15, 0.2) is 48.5 Å². The number of benzene rings is 2. The SMILES string of the molecule is N#Cc1ccccc1-c1ccccc1C(=O)NCCCN1CCCCC1. The average molecular weight is 347 g/mol. The summed E-state index contributed by atoms with van der Waals surface area (Å²) in [6, 6.07) is 17.1. The van der Waals surface area contributed by atoms with Crippen LogP contribution in [0.2, 0.25) is 0 Å². The first-order valence-electron chi connectivity index (χ1n) is 9.38. The Hall–Kier alpha value is -2.64. The maximum absolute atomic E-state index is 12.7. The number of carbonyl (C=O) groups excluding carboxylic acids is 1. The van der Waals surface area contributed by atoms with Gasteiger partial charge in [0.15, 0.2) is 0 Å². The second-order valence-corrected chi connectivity index (χ2v) is 6.71. The molecule has 1 N–H and O–H groups in total. The second-order valence-electron chi connectivity index (χ2n) is 6.71. The molecule has 0 unspecified atom stereocenters. The molecule has 0 bridgehead atoms. The van der Waals surface area contributed by atoms with Gasteiger partial charge in [0.25, 0.3) is 5.91 Å². The minimum atomic E-state index is -0.0769. The van der Waals surface area contributed by atoms with E-state index in [0.717, 1.165) is 24.1 Å². The Labute approximate surface area is 155 Å². The van der Waals surface area contributed by atoms with Gasteiger partial charge in [0.05, 0.1) is 11.6 Å². The minimum absolute atomic E-state index is 0.0769. The number of likely N-dealkylation sites (tertiary alicyclic amines) is 1. The number of nitriles is 1. The van der Waals surface area contributed by atoms with Crippen molar-refractivity contribution in [3.8, 4) is 17.2 Å². The molecule has 1 heterocycles. The Morgan fingerprint density at radius 1 is 1.00 bits per heavy atom. The highest BCUT2D eigenvalue weighted by molar-refractivity contribution is 6.01. The van der Waals surface area contributed by atoms with E-state index in [9.17, 15) is 10.1 Å². The van der Waals surface area contributed by atoms with E-state index < -0.39 is 0 Å². The van der Waals surface area contributed by atoms with Gasteiger partial charge in [0.1, 0.15) is 0 Å². The maximum atomic E-state index is 12.7. The molecule has 2 aromatic rings. The van der Waals surface area contributed by atoms with E-state index in [1.165, 1.54) is 32.4 Å². The summed E-state index contributed by atoms with van der Waals surface area (Å²) in [4.78, 5) is 15.2. The van der Waals surface area contributed by atoms with Crippen molar-refractivity contribution in [2.45, 2.75) is 25.7 Å². The summed E-state index contributed by atoms with van der Waals surface area (Å²) in [5, 5.41) is 12.4. The quantitative estimate of drug-likeness (QED) is 0.808. The molecule has 2 aromatic carbocycles. The Morgan fingerprint density at radius 3 is 2.46 bits per heavy atom. The third-order valence-electron chi connectivity index (χ3n) is 4.89. The lowest BCUT2D eigenvalue weighted by Crippen LogP contribution is -2.33. The molecule has 3 rings (SSSR count). The molecule has 1 aliphatic heterocycles. The van der Waals surface area contributed by atoms with Crippen LogP contribution in [0.3, 0.4) is 0 Å². The summed E-state index contributed by atoms with van der Waals surface area (Å²) in [6.45, 7) is 4.08. The first kappa shape index (κ1) is 18.2. The molecule has 0 saturated carbocycles. The number of hydrogen-bond donors (Lipinski definition) is 1. The second kappa shape index (κ2) is 9.17. The lowest BCUT2D eigenvalue weighted by atomic mass is 9.95. The molecule has 1 saturated heterocycles. The Bertz CT molecular complexity index is 788. The van der Waals surface area contributed by atoms with Crippen molar-refractivity contribution in [3.05, 3.63) is 59.7 Å². The van der Waals surface area contributed by atoms with Crippen LogP contribution in [0, 0.1) is 11.3 Å². The summed E-state index contributed by atoms with van der Waals surface area (Å²) >= 11 is 0. The summed E-state index contributed by atoms with van der Waals surface area (Å²) in [7, 11) is 0. The highest BCUT2D eigenvalue weighted by Crippen LogP contribution is 2.26. The van der Waals surface area contributed by atoms with Crippen LogP contribution < -0.4 is 5.32 Å². The molecule has 0 aromatic heterocycles. The normalized spacial score (nSPS) is 14.6. The van der Waals surface area contributed by atoms with Crippen LogP contribution in [0.1, 0.15) is 41.6 Å². The van der Waals surface area contributed by atoms with Crippen molar-refractivity contribution in [2.24, 2.45) is 0 Å². The van der Waals surface area contributed by atoms with Gasteiger partial charge in [0, 0.05) is 17.7 Å². The zero-order chi connectivity index (χ0) is 18.2. The van der Waals surface area contributed by atoms with Crippen molar-refractivity contribution in [1.82, 2.24) is 10.2 Å². The van der Waals surface area contributed by atoms with Gasteiger partial charge in [-0.3, -0.25) is 4.79 Å². The predicted molar refractivity (Wildman–Crippen MR) is 104 cm³/mol. The average Bonchev–Trinajstić information content (AvgIpc) is 2.72. The van der Waals surface area contributed by atoms with Crippen LogP contribution in [-0.2, 0) is 0 Å². The van der Waals surface area contributed by atoms with Crippen LogP contribution >= 0.6 is 0 Å². The van der Waals surface area contributed by atoms with Crippen molar-refractivity contribution >= 4 is 5.91 Å². The van der Waals surface area contributed by atoms with Crippen LogP contribution in [0.4, 0.5) is 0 Å². The fourth-order valence-corrected chi connectivity index (χ4v) is 3.51. The van der Waals surface area contributed by atoms with Gasteiger partial charge < -0.3 is 10.2 Å². The van der Waals surface area contributed by atoms with Crippen LogP contribution in [-0.4, -0.2) is 37.0 Å². The highest BCUT2D eigenvalue weighted by atomic mass is 16.1. The molecule has 1 fully saturated rings. The van der Waals surface area contributed by atoms with Crippen molar-refractivity contribution in [2.75, 3.05) is 26.2 Å². The molecule has 26 heavy (non-hydrogen) atoms. The van der Waals surface area contributed by atoms with Crippen molar-refractivity contribution in [1.29, 1.82) is 5.26 Å². The molecule has 4 nitrogen and oxygen atoms in total. The largest absolute Gasteiger partial charge is 0.352 e. The van der Waals surface area contributed by atoms with Gasteiger partial charge in [-0.05, 0) is 56.6 Å². The third-order valence-corrected chi connectivity index (χ3v) is 4.89. The lowest BCUT2D eigenvalue weighted by Gasteiger charge is -2.26. The minimum Gasteiger partial charge on any atom is -0.352 e. The van der Waals surface area contributed by atoms with E-state index in [2.05, 4.69) is 16.3 Å². The van der Waals surface area contributed by atoms with E-state index in [1.54, 1.807) is 6.07 Å². The summed E-state index contributed by atoms with van der Waals surface area (Å²) < 4.78 is 0. The topological polar surface area (TPSA) is 56.1 Å². The van der Waals surface area contributed by atoms with Crippen LogP contribution in [0.25, 0.3) is 11.1 Å². The number of nitrogens with one attached hydrogen (secondary N) is 1. The van der Waals surface area contributed by atoms with Gasteiger partial charge in [-0.15, -0.1) is 0 Å². The molecular weight excluding hydrogens is 322 g/mol. The van der Waals surface area contributed by atoms with E-state index in [-0.39, 0.29) is 5.91 Å². The molecule has 1 amide bonds. The monoisotopic (exact) mass is 347 g/mol. The van der Waals surface area contributed by atoms with Crippen molar-refractivity contribution in [3.63, 3.8) is 0 Å². The Kier molecular flexibility index (Phi) is 6.40. The van der Waals surface area contributed by atoms with Gasteiger partial charge >= 0.3 is 0 Å². The van der Waals surface area contributed by atoms with Gasteiger partial charge in [0.2, 0.25) is 0 Å². The molecule has 0 radical (unpaired) electrons. The van der Waals surface area contributed by atoms with Crippen molar-refractivity contribution < 1.29 is 4.79 Å². The molecule has 0 atom stereocenters. The first-order chi connectivity index (χ1) is 12.8. The fraction of sp³-hybridized carbons (Fsp3) is 0.364. The molecular formula is C22H25N3O. The molecule has 1 aliphatic rings.